The molecule has 2 heterocycles. The number of carbonyl (C=O) groups is 5. The molecule has 0 aromatic heterocycles. The predicted octanol–water partition coefficient (Wildman–Crippen LogP) is 7.34. The van der Waals surface area contributed by atoms with E-state index in [1.807, 2.05) is 39.5 Å². The summed E-state index contributed by atoms with van der Waals surface area (Å²) in [6.07, 6.45) is -1.70. The lowest BCUT2D eigenvalue weighted by molar-refractivity contribution is -0.207. The molecule has 0 spiro atoms. The van der Waals surface area contributed by atoms with Crippen LogP contribution in [0.5, 0.6) is 0 Å². The quantitative estimate of drug-likeness (QED) is 0.136. The van der Waals surface area contributed by atoms with Gasteiger partial charge in [0.2, 0.25) is 11.8 Å². The van der Waals surface area contributed by atoms with Gasteiger partial charge in [0.25, 0.3) is 0 Å². The van der Waals surface area contributed by atoms with Crippen molar-refractivity contribution in [2.75, 3.05) is 20.7 Å². The van der Waals surface area contributed by atoms with Crippen LogP contribution in [0.4, 0.5) is 13.2 Å². The van der Waals surface area contributed by atoms with Gasteiger partial charge in [0, 0.05) is 63.4 Å². The van der Waals surface area contributed by atoms with E-state index >= 15 is 0 Å². The van der Waals surface area contributed by atoms with Gasteiger partial charge in [-0.25, -0.2) is 4.79 Å². The van der Waals surface area contributed by atoms with Gasteiger partial charge in [0.15, 0.2) is 5.78 Å². The molecule has 2 amide bonds. The third kappa shape index (κ3) is 11.2. The zero-order valence-electron chi connectivity index (χ0n) is 35.3. The zero-order chi connectivity index (χ0) is 42.4. The Balaban J connectivity index is 1.43. The molecule has 1 aliphatic carbocycles. The number of ether oxygens (including phenoxy) is 2. The van der Waals surface area contributed by atoms with Gasteiger partial charge >= 0.3 is 12.1 Å². The second kappa shape index (κ2) is 20.1. The number of piperidine rings is 1. The standard InChI is InChI=1S/C44H66F3N3O7/c1-10-26(4)40(49(8)42(54)33(25(2)3)23-36(52)39-31-18-19-32(22-31)48-39)37(56-9)24-38(53)50-20-14-17-34(50)28(6)29(7)35(51)21-27(5)41(30-15-12-11-13-16-30)57-43(55)44(45,46)47/h11-13,15-16,25-29,31-34,37,39-41,48H,10,14,17-24H2,1-9H3/t26-,27-,28+,29+,31-,32+,33-,34-,37+,39-,40-,41+/m0/s1. The highest BCUT2D eigenvalue weighted by atomic mass is 19.4. The maximum absolute atomic E-state index is 14.3. The summed E-state index contributed by atoms with van der Waals surface area (Å²) in [6, 6.07) is 7.60. The Kier molecular flexibility index (Phi) is 16.3. The number of hydrogen-bond acceptors (Lipinski definition) is 8. The Bertz CT molecular complexity index is 1540. The number of hydrogen-bond donors (Lipinski definition) is 1. The van der Waals surface area contributed by atoms with Gasteiger partial charge in [-0.3, -0.25) is 19.2 Å². The third-order valence-electron chi connectivity index (χ3n) is 13.5. The average Bonchev–Trinajstić information content (AvgIpc) is 3.96. The molecule has 0 radical (unpaired) electrons. The second-order valence-corrected chi connectivity index (χ2v) is 17.6. The number of fused-ring (bicyclic) bond motifs is 2. The fourth-order valence-electron chi connectivity index (χ4n) is 9.67. The molecule has 1 N–H and O–H groups in total. The number of nitrogens with zero attached hydrogens (tertiary/aromatic N) is 2. The smallest absolute Gasteiger partial charge is 0.451 e. The molecule has 4 rings (SSSR count). The van der Waals surface area contributed by atoms with Gasteiger partial charge in [-0.2, -0.15) is 13.2 Å². The van der Waals surface area contributed by atoms with Crippen LogP contribution in [0.2, 0.25) is 0 Å². The fraction of sp³-hybridized carbons (Fsp3) is 0.750. The molecule has 12 atom stereocenters. The van der Waals surface area contributed by atoms with Crippen molar-refractivity contribution >= 4 is 29.4 Å². The number of likely N-dealkylation sites (tertiary alicyclic amines) is 1. The van der Waals surface area contributed by atoms with E-state index in [4.69, 9.17) is 9.47 Å². The molecule has 2 aliphatic heterocycles. The van der Waals surface area contributed by atoms with Gasteiger partial charge in [0.05, 0.1) is 24.6 Å². The summed E-state index contributed by atoms with van der Waals surface area (Å²) in [7, 11) is 3.31. The first-order valence-electron chi connectivity index (χ1n) is 21.0. The summed E-state index contributed by atoms with van der Waals surface area (Å²) in [5.74, 6) is -4.48. The minimum atomic E-state index is -5.18. The molecular formula is C44H66F3N3O7. The highest BCUT2D eigenvalue weighted by Gasteiger charge is 2.46. The number of likely N-dealkylation sites (N-methyl/N-ethyl adjacent to an activating group) is 1. The van der Waals surface area contributed by atoms with E-state index in [9.17, 15) is 37.1 Å². The van der Waals surface area contributed by atoms with Crippen LogP contribution < -0.4 is 5.32 Å². The average molecular weight is 806 g/mol. The first-order chi connectivity index (χ1) is 26.8. The highest BCUT2D eigenvalue weighted by Crippen LogP contribution is 2.38. The summed E-state index contributed by atoms with van der Waals surface area (Å²) in [5.41, 5.74) is 0.362. The number of rotatable bonds is 20. The molecule has 2 saturated heterocycles. The Hall–Kier alpha value is -3.32. The van der Waals surface area contributed by atoms with E-state index in [1.54, 1.807) is 63.2 Å². The van der Waals surface area contributed by atoms with Crippen LogP contribution >= 0.6 is 0 Å². The number of carbonyl (C=O) groups excluding carboxylic acids is 5. The van der Waals surface area contributed by atoms with Crippen molar-refractivity contribution in [2.24, 2.45) is 41.4 Å². The van der Waals surface area contributed by atoms with E-state index in [2.05, 4.69) is 5.32 Å². The Morgan fingerprint density at radius 2 is 1.60 bits per heavy atom. The molecule has 2 bridgehead atoms. The number of alkyl halides is 3. The van der Waals surface area contributed by atoms with Gasteiger partial charge in [-0.1, -0.05) is 85.2 Å². The minimum absolute atomic E-state index is 0.0181. The fourth-order valence-corrected chi connectivity index (χ4v) is 9.67. The molecule has 320 valence electrons. The molecule has 1 saturated carbocycles. The largest absolute Gasteiger partial charge is 0.490 e. The van der Waals surface area contributed by atoms with Crippen molar-refractivity contribution < 1.29 is 46.6 Å². The van der Waals surface area contributed by atoms with E-state index < -0.39 is 48.1 Å². The number of methoxy groups -OCH3 is 1. The van der Waals surface area contributed by atoms with Crippen LogP contribution in [0, 0.1) is 41.4 Å². The maximum Gasteiger partial charge on any atom is 0.490 e. The summed E-state index contributed by atoms with van der Waals surface area (Å²) in [5, 5.41) is 3.48. The van der Waals surface area contributed by atoms with Crippen molar-refractivity contribution in [1.82, 2.24) is 15.1 Å². The number of amides is 2. The van der Waals surface area contributed by atoms with Crippen LogP contribution in [-0.4, -0.2) is 96.3 Å². The van der Waals surface area contributed by atoms with Crippen LogP contribution in [0.3, 0.4) is 0 Å². The van der Waals surface area contributed by atoms with E-state index in [0.29, 0.717) is 30.5 Å². The molecule has 1 aromatic carbocycles. The number of esters is 1. The van der Waals surface area contributed by atoms with Gasteiger partial charge in [0.1, 0.15) is 11.9 Å². The molecule has 57 heavy (non-hydrogen) atoms. The normalized spacial score (nSPS) is 25.0. The highest BCUT2D eigenvalue weighted by molar-refractivity contribution is 5.90. The van der Waals surface area contributed by atoms with Crippen molar-refractivity contribution in [2.45, 2.75) is 149 Å². The first-order valence-corrected chi connectivity index (χ1v) is 21.0. The number of benzene rings is 1. The number of Topliss-reactive ketones (excluding diaryl/α,β-unsaturated/α-hetero) is 2. The lowest BCUT2D eigenvalue weighted by Gasteiger charge is -2.41. The zero-order valence-corrected chi connectivity index (χ0v) is 35.3. The molecule has 3 aliphatic rings. The lowest BCUT2D eigenvalue weighted by atomic mass is 9.80. The minimum Gasteiger partial charge on any atom is -0.451 e. The topological polar surface area (TPSA) is 122 Å². The number of halogens is 3. The summed E-state index contributed by atoms with van der Waals surface area (Å²) < 4.78 is 50.5. The third-order valence-corrected chi connectivity index (χ3v) is 13.5. The van der Waals surface area contributed by atoms with Crippen LogP contribution in [0.15, 0.2) is 30.3 Å². The van der Waals surface area contributed by atoms with E-state index in [-0.39, 0.29) is 72.5 Å². The van der Waals surface area contributed by atoms with Crippen molar-refractivity contribution in [3.05, 3.63) is 35.9 Å². The molecule has 10 nitrogen and oxygen atoms in total. The van der Waals surface area contributed by atoms with Crippen molar-refractivity contribution in [3.63, 3.8) is 0 Å². The Labute approximate surface area is 337 Å². The van der Waals surface area contributed by atoms with Gasteiger partial charge < -0.3 is 24.6 Å². The lowest BCUT2D eigenvalue weighted by Crippen LogP contribution is -2.53. The van der Waals surface area contributed by atoms with E-state index in [1.165, 1.54) is 0 Å². The molecule has 3 fully saturated rings. The van der Waals surface area contributed by atoms with Crippen LogP contribution in [0.1, 0.15) is 118 Å². The van der Waals surface area contributed by atoms with Crippen molar-refractivity contribution in [3.8, 4) is 0 Å². The first kappa shape index (κ1) is 46.4. The number of nitrogens with one attached hydrogen (secondary N) is 1. The monoisotopic (exact) mass is 805 g/mol. The SMILES string of the molecule is CC[C@H](C)[C@@H]([C@@H](CC(=O)N1CCC[C@H]1[C@H](C)[C@@H](C)C(=O)C[C@H](C)[C@@H](OC(=O)C(F)(F)F)c1ccccc1)OC)N(C)C(=O)[C@@H](CC(=O)[C@H]1N[C@@H]2CC[C@H]1C2)C(C)C. The Morgan fingerprint density at radius 1 is 0.930 bits per heavy atom. The van der Waals surface area contributed by atoms with Gasteiger partial charge in [-0.05, 0) is 61.3 Å². The van der Waals surface area contributed by atoms with Crippen molar-refractivity contribution in [1.29, 1.82) is 0 Å². The molecule has 13 heteroatoms. The van der Waals surface area contributed by atoms with Crippen LogP contribution in [-0.2, 0) is 33.4 Å². The molecule has 0 unspecified atom stereocenters. The molecular weight excluding hydrogens is 739 g/mol. The molecule has 1 aromatic rings. The number of ketones is 2. The predicted molar refractivity (Wildman–Crippen MR) is 211 cm³/mol. The van der Waals surface area contributed by atoms with Gasteiger partial charge in [-0.15, -0.1) is 0 Å². The maximum atomic E-state index is 14.3. The summed E-state index contributed by atoms with van der Waals surface area (Å²) in [6.45, 7) is 13.8. The second-order valence-electron chi connectivity index (χ2n) is 17.6. The summed E-state index contributed by atoms with van der Waals surface area (Å²) >= 11 is 0. The van der Waals surface area contributed by atoms with Crippen LogP contribution in [0.25, 0.3) is 0 Å². The van der Waals surface area contributed by atoms with E-state index in [0.717, 1.165) is 32.1 Å². The summed E-state index contributed by atoms with van der Waals surface area (Å²) in [4.78, 5) is 71.1. The Morgan fingerprint density at radius 3 is 2.14 bits per heavy atom.